The molecule has 0 fully saturated rings. The number of hydrazone groups is 1. The van der Waals surface area contributed by atoms with Crippen LogP contribution in [-0.2, 0) is 0 Å². The summed E-state index contributed by atoms with van der Waals surface area (Å²) in [4.78, 5) is 11.6. The van der Waals surface area contributed by atoms with Gasteiger partial charge in [-0.1, -0.05) is 0 Å². The SMILES string of the molecule is O=C(N/N=C\c1c(F)c(F)c(F)c(F)c1F)c1ccc(F)cc1. The number of rotatable bonds is 3. The first-order valence-electron chi connectivity index (χ1n) is 5.93. The smallest absolute Gasteiger partial charge is 0.267 e. The van der Waals surface area contributed by atoms with E-state index < -0.39 is 46.4 Å². The molecule has 0 aliphatic rings. The normalized spacial score (nSPS) is 11.0. The predicted octanol–water partition coefficient (Wildman–Crippen LogP) is 3.29. The highest BCUT2D eigenvalue weighted by Gasteiger charge is 2.24. The van der Waals surface area contributed by atoms with Crippen LogP contribution in [0.5, 0.6) is 0 Å². The summed E-state index contributed by atoms with van der Waals surface area (Å²) in [6.07, 6.45) is 0.275. The van der Waals surface area contributed by atoms with Crippen LogP contribution in [0.2, 0.25) is 0 Å². The van der Waals surface area contributed by atoms with Crippen molar-refractivity contribution in [2.45, 2.75) is 0 Å². The molecule has 0 unspecified atom stereocenters. The van der Waals surface area contributed by atoms with Crippen molar-refractivity contribution in [1.82, 2.24) is 5.43 Å². The van der Waals surface area contributed by atoms with Gasteiger partial charge in [0.1, 0.15) is 5.82 Å². The number of nitrogens with zero attached hydrogens (tertiary/aromatic N) is 1. The molecule has 0 atom stereocenters. The van der Waals surface area contributed by atoms with Crippen molar-refractivity contribution >= 4 is 12.1 Å². The first-order valence-corrected chi connectivity index (χ1v) is 5.93. The minimum atomic E-state index is -2.30. The summed E-state index contributed by atoms with van der Waals surface area (Å²) >= 11 is 0. The summed E-state index contributed by atoms with van der Waals surface area (Å²) < 4.78 is 78.1. The Morgan fingerprint density at radius 1 is 0.826 bits per heavy atom. The summed E-state index contributed by atoms with van der Waals surface area (Å²) in [5.74, 6) is -12.2. The molecule has 0 aliphatic carbocycles. The van der Waals surface area contributed by atoms with Crippen LogP contribution in [0.4, 0.5) is 26.3 Å². The van der Waals surface area contributed by atoms with Crippen molar-refractivity contribution in [3.05, 3.63) is 70.3 Å². The second kappa shape index (κ2) is 6.51. The summed E-state index contributed by atoms with van der Waals surface area (Å²) in [6.45, 7) is 0. The Kier molecular flexibility index (Phi) is 4.68. The molecule has 0 aromatic heterocycles. The lowest BCUT2D eigenvalue weighted by atomic mass is 10.2. The van der Waals surface area contributed by atoms with Crippen molar-refractivity contribution in [2.24, 2.45) is 5.10 Å². The zero-order valence-corrected chi connectivity index (χ0v) is 11.0. The molecular formula is C14H6F6N2O. The van der Waals surface area contributed by atoms with Crippen molar-refractivity contribution in [3.8, 4) is 0 Å². The Morgan fingerprint density at radius 3 is 1.83 bits per heavy atom. The lowest BCUT2D eigenvalue weighted by Crippen LogP contribution is -2.18. The fourth-order valence-corrected chi connectivity index (χ4v) is 1.56. The highest BCUT2D eigenvalue weighted by atomic mass is 19.2. The summed E-state index contributed by atoms with van der Waals surface area (Å²) in [6, 6.07) is 4.20. The summed E-state index contributed by atoms with van der Waals surface area (Å²) in [5, 5.41) is 3.12. The standard InChI is InChI=1S/C14H6F6N2O/c15-7-3-1-6(2-4-7)14(23)22-21-5-8-9(16)11(18)13(20)12(19)10(8)17/h1-5H,(H,22,23)/b21-5-. The van der Waals surface area contributed by atoms with Crippen LogP contribution >= 0.6 is 0 Å². The molecule has 120 valence electrons. The van der Waals surface area contributed by atoms with Gasteiger partial charge in [-0.15, -0.1) is 0 Å². The maximum absolute atomic E-state index is 13.3. The fraction of sp³-hybridized carbons (Fsp3) is 0. The molecule has 0 bridgehead atoms. The topological polar surface area (TPSA) is 41.5 Å². The lowest BCUT2D eigenvalue weighted by molar-refractivity contribution is 0.0955. The molecule has 2 aromatic rings. The van der Waals surface area contributed by atoms with Gasteiger partial charge in [0, 0.05) is 5.56 Å². The summed E-state index contributed by atoms with van der Waals surface area (Å²) in [5.41, 5.74) is 0.479. The largest absolute Gasteiger partial charge is 0.271 e. The van der Waals surface area contributed by atoms with E-state index >= 15 is 0 Å². The van der Waals surface area contributed by atoms with Gasteiger partial charge in [-0.05, 0) is 24.3 Å². The first-order chi connectivity index (χ1) is 10.8. The van der Waals surface area contributed by atoms with Crippen LogP contribution in [0.3, 0.4) is 0 Å². The van der Waals surface area contributed by atoms with Crippen LogP contribution in [0, 0.1) is 34.9 Å². The first kappa shape index (κ1) is 16.5. The van der Waals surface area contributed by atoms with Crippen LogP contribution in [0.25, 0.3) is 0 Å². The molecule has 0 aliphatic heterocycles. The molecule has 0 saturated carbocycles. The Balaban J connectivity index is 2.21. The van der Waals surface area contributed by atoms with E-state index in [2.05, 4.69) is 5.10 Å². The van der Waals surface area contributed by atoms with Crippen molar-refractivity contribution in [3.63, 3.8) is 0 Å². The molecule has 1 N–H and O–H groups in total. The number of carbonyl (C=O) groups is 1. The van der Waals surface area contributed by atoms with Gasteiger partial charge in [-0.25, -0.2) is 31.8 Å². The molecule has 3 nitrogen and oxygen atoms in total. The molecular weight excluding hydrogens is 326 g/mol. The van der Waals surface area contributed by atoms with Crippen molar-refractivity contribution in [2.75, 3.05) is 0 Å². The van der Waals surface area contributed by atoms with E-state index in [0.29, 0.717) is 0 Å². The van der Waals surface area contributed by atoms with Gasteiger partial charge in [0.2, 0.25) is 5.82 Å². The number of amides is 1. The van der Waals surface area contributed by atoms with E-state index in [1.165, 1.54) is 0 Å². The highest BCUT2D eigenvalue weighted by molar-refractivity contribution is 5.94. The number of halogens is 6. The minimum absolute atomic E-state index is 0.0269. The molecule has 9 heteroatoms. The average molecular weight is 332 g/mol. The maximum atomic E-state index is 13.3. The van der Waals surface area contributed by atoms with Gasteiger partial charge in [-0.2, -0.15) is 5.10 Å². The lowest BCUT2D eigenvalue weighted by Gasteiger charge is -2.04. The highest BCUT2D eigenvalue weighted by Crippen LogP contribution is 2.21. The van der Waals surface area contributed by atoms with E-state index in [-0.39, 0.29) is 11.8 Å². The Hall–Kier alpha value is -2.84. The molecule has 0 saturated heterocycles. The monoisotopic (exact) mass is 332 g/mol. The van der Waals surface area contributed by atoms with E-state index in [4.69, 9.17) is 0 Å². The molecule has 0 heterocycles. The number of carbonyl (C=O) groups excluding carboxylic acids is 1. The second-order valence-electron chi connectivity index (χ2n) is 4.19. The van der Waals surface area contributed by atoms with Crippen LogP contribution < -0.4 is 5.43 Å². The van der Waals surface area contributed by atoms with E-state index in [9.17, 15) is 31.1 Å². The fourth-order valence-electron chi connectivity index (χ4n) is 1.56. The predicted molar refractivity (Wildman–Crippen MR) is 67.7 cm³/mol. The van der Waals surface area contributed by atoms with Gasteiger partial charge in [0.15, 0.2) is 23.3 Å². The van der Waals surface area contributed by atoms with Gasteiger partial charge < -0.3 is 0 Å². The Labute approximate surface area is 125 Å². The van der Waals surface area contributed by atoms with Crippen molar-refractivity contribution in [1.29, 1.82) is 0 Å². The quantitative estimate of drug-likeness (QED) is 0.303. The van der Waals surface area contributed by atoms with Crippen LogP contribution in [0.15, 0.2) is 29.4 Å². The molecule has 1 amide bonds. The van der Waals surface area contributed by atoms with E-state index in [0.717, 1.165) is 24.3 Å². The third-order valence-corrected chi connectivity index (χ3v) is 2.71. The van der Waals surface area contributed by atoms with Crippen LogP contribution in [0.1, 0.15) is 15.9 Å². The van der Waals surface area contributed by atoms with Gasteiger partial charge in [-0.3, -0.25) is 4.79 Å². The van der Waals surface area contributed by atoms with Crippen LogP contribution in [-0.4, -0.2) is 12.1 Å². The van der Waals surface area contributed by atoms with E-state index in [1.807, 2.05) is 5.43 Å². The minimum Gasteiger partial charge on any atom is -0.267 e. The van der Waals surface area contributed by atoms with Gasteiger partial charge >= 0.3 is 0 Å². The molecule has 23 heavy (non-hydrogen) atoms. The number of hydrogen-bond acceptors (Lipinski definition) is 2. The van der Waals surface area contributed by atoms with E-state index in [1.54, 1.807) is 0 Å². The zero-order valence-electron chi connectivity index (χ0n) is 11.0. The molecule has 2 rings (SSSR count). The number of benzene rings is 2. The zero-order chi connectivity index (χ0) is 17.1. The molecule has 0 spiro atoms. The summed E-state index contributed by atoms with van der Waals surface area (Å²) in [7, 11) is 0. The average Bonchev–Trinajstić information content (AvgIpc) is 2.54. The number of hydrogen-bond donors (Lipinski definition) is 1. The Bertz CT molecular complexity index is 760. The van der Waals surface area contributed by atoms with Gasteiger partial charge in [0.05, 0.1) is 11.8 Å². The molecule has 0 radical (unpaired) electrons. The third-order valence-electron chi connectivity index (χ3n) is 2.71. The van der Waals surface area contributed by atoms with Gasteiger partial charge in [0.25, 0.3) is 5.91 Å². The molecule has 2 aromatic carbocycles. The third kappa shape index (κ3) is 3.33. The maximum Gasteiger partial charge on any atom is 0.271 e. The van der Waals surface area contributed by atoms with Crippen molar-refractivity contribution < 1.29 is 31.1 Å². The number of nitrogens with one attached hydrogen (secondary N) is 1. The Morgan fingerprint density at radius 2 is 1.30 bits per heavy atom. The second-order valence-corrected chi connectivity index (χ2v) is 4.19.